The van der Waals surface area contributed by atoms with E-state index in [1.54, 1.807) is 0 Å². The quantitative estimate of drug-likeness (QED) is 0.171. The first-order valence-electron chi connectivity index (χ1n) is 8.89. The molecule has 3 nitrogen and oxygen atoms in total. The van der Waals surface area contributed by atoms with Crippen LogP contribution < -0.4 is 0 Å². The minimum Gasteiger partial charge on any atom is -0.461 e. The average Bonchev–Trinajstić information content (AvgIpc) is 2.57. The average molecular weight is 470 g/mol. The molecule has 0 aliphatic carbocycles. The monoisotopic (exact) mass is 470 g/mol. The highest BCUT2D eigenvalue weighted by molar-refractivity contribution is 5.78. The minimum absolute atomic E-state index is 0.122. The van der Waals surface area contributed by atoms with Gasteiger partial charge in [-0.25, -0.2) is 4.79 Å². The Morgan fingerprint density at radius 1 is 0.667 bits per heavy atom. The summed E-state index contributed by atoms with van der Waals surface area (Å²) in [6.07, 6.45) is -15.6. The summed E-state index contributed by atoms with van der Waals surface area (Å²) >= 11 is 0. The van der Waals surface area contributed by atoms with Crippen molar-refractivity contribution in [1.82, 2.24) is 0 Å². The molecule has 0 saturated carbocycles. The van der Waals surface area contributed by atoms with Crippen molar-refractivity contribution < 1.29 is 62.6 Å². The van der Waals surface area contributed by atoms with Gasteiger partial charge in [-0.15, -0.1) is 0 Å². The molecule has 0 bridgehead atoms. The van der Waals surface area contributed by atoms with Gasteiger partial charge >= 0.3 is 36.2 Å². The summed E-state index contributed by atoms with van der Waals surface area (Å²) in [7, 11) is 0. The number of halogens is 11. The molecule has 0 aliphatic heterocycles. The van der Waals surface area contributed by atoms with E-state index in [0.717, 1.165) is 32.1 Å². The molecular weight excluding hydrogens is 449 g/mol. The Hall–Kier alpha value is -1.34. The van der Waals surface area contributed by atoms with Crippen molar-refractivity contribution >= 4 is 5.97 Å². The predicted octanol–water partition coefficient (Wildman–Crippen LogP) is 6.71. The van der Waals surface area contributed by atoms with Gasteiger partial charge in [-0.3, -0.25) is 4.74 Å². The van der Waals surface area contributed by atoms with E-state index in [9.17, 15) is 53.1 Å². The summed E-state index contributed by atoms with van der Waals surface area (Å²) in [5, 5.41) is 0. The summed E-state index contributed by atoms with van der Waals surface area (Å²) in [6, 6.07) is 0. The molecule has 0 amide bonds. The fourth-order valence-electron chi connectivity index (χ4n) is 2.11. The van der Waals surface area contributed by atoms with Crippen molar-refractivity contribution in [3.63, 3.8) is 0 Å². The van der Waals surface area contributed by atoms with Crippen molar-refractivity contribution in [1.29, 1.82) is 0 Å². The van der Waals surface area contributed by atoms with Gasteiger partial charge in [0.15, 0.2) is 0 Å². The minimum atomic E-state index is -7.22. The van der Waals surface area contributed by atoms with Crippen LogP contribution in [0, 0.1) is 0 Å². The van der Waals surface area contributed by atoms with Gasteiger partial charge in [-0.1, -0.05) is 51.9 Å². The van der Waals surface area contributed by atoms with Crippen LogP contribution in [0.25, 0.3) is 0 Å². The second kappa shape index (κ2) is 10.8. The zero-order valence-corrected chi connectivity index (χ0v) is 15.7. The second-order valence-corrected chi connectivity index (χ2v) is 6.39. The maximum Gasteiger partial charge on any atom is 0.462 e. The van der Waals surface area contributed by atoms with E-state index in [1.165, 1.54) is 0 Å². The van der Waals surface area contributed by atoms with E-state index in [4.69, 9.17) is 0 Å². The number of carbonyl (C=O) groups is 1. The predicted molar refractivity (Wildman–Crippen MR) is 80.5 cm³/mol. The molecule has 1 atom stereocenters. The van der Waals surface area contributed by atoms with Crippen LogP contribution in [0.4, 0.5) is 48.3 Å². The van der Waals surface area contributed by atoms with E-state index in [2.05, 4.69) is 9.47 Å². The van der Waals surface area contributed by atoms with Gasteiger partial charge in [0.25, 0.3) is 0 Å². The first kappa shape index (κ1) is 28.7. The molecule has 180 valence electrons. The molecule has 0 aromatic rings. The smallest absolute Gasteiger partial charge is 0.461 e. The molecule has 0 aromatic carbocycles. The van der Waals surface area contributed by atoms with Gasteiger partial charge in [-0.05, 0) is 6.42 Å². The van der Waals surface area contributed by atoms with Crippen LogP contribution in [0.15, 0.2) is 0 Å². The lowest BCUT2D eigenvalue weighted by Crippen LogP contribution is -2.61. The summed E-state index contributed by atoms with van der Waals surface area (Å²) in [4.78, 5) is 11.3. The maximum atomic E-state index is 13.9. The summed E-state index contributed by atoms with van der Waals surface area (Å²) in [6.45, 7) is 1.07. The fraction of sp³-hybridized carbons (Fsp3) is 0.938. The third kappa shape index (κ3) is 7.41. The normalized spacial score (nSPS) is 15.7. The van der Waals surface area contributed by atoms with Crippen LogP contribution in [0.1, 0.15) is 58.3 Å². The molecule has 0 fully saturated rings. The molecule has 0 aromatic heterocycles. The first-order valence-corrected chi connectivity index (χ1v) is 8.89. The van der Waals surface area contributed by atoms with E-state index in [-0.39, 0.29) is 6.42 Å². The lowest BCUT2D eigenvalue weighted by Gasteiger charge is -2.33. The van der Waals surface area contributed by atoms with Gasteiger partial charge in [0.1, 0.15) is 0 Å². The van der Waals surface area contributed by atoms with Crippen LogP contribution in [0.2, 0.25) is 0 Å². The van der Waals surface area contributed by atoms with Crippen LogP contribution >= 0.6 is 0 Å². The van der Waals surface area contributed by atoms with Crippen LogP contribution in [0.3, 0.4) is 0 Å². The summed E-state index contributed by atoms with van der Waals surface area (Å²) < 4.78 is 145. The van der Waals surface area contributed by atoms with Crippen LogP contribution in [0.5, 0.6) is 0 Å². The number of ether oxygens (including phenoxy) is 2. The lowest BCUT2D eigenvalue weighted by molar-refractivity contribution is -0.475. The lowest BCUT2D eigenvalue weighted by atomic mass is 10.1. The molecule has 0 heterocycles. The number of rotatable bonds is 13. The first-order chi connectivity index (χ1) is 13.4. The van der Waals surface area contributed by atoms with Gasteiger partial charge in [0.2, 0.25) is 0 Å². The zero-order valence-electron chi connectivity index (χ0n) is 15.7. The fourth-order valence-corrected chi connectivity index (χ4v) is 2.11. The Bertz CT molecular complexity index is 532. The van der Waals surface area contributed by atoms with E-state index < -0.39 is 42.8 Å². The summed E-state index contributed by atoms with van der Waals surface area (Å²) in [5.41, 5.74) is 0. The standard InChI is InChI=1S/C16H21F11O3/c1-2-3-4-5-6-7-8-9-10-29-11(28)12(17,14(20,21)22)30-16(26,27)13(18,19)15(23,24)25/h2-10H2,1H3. The topological polar surface area (TPSA) is 35.5 Å². The van der Waals surface area contributed by atoms with Crippen molar-refractivity contribution in [2.75, 3.05) is 6.61 Å². The highest BCUT2D eigenvalue weighted by atomic mass is 19.4. The number of alkyl halides is 11. The van der Waals surface area contributed by atoms with Crippen LogP contribution in [-0.4, -0.2) is 42.8 Å². The Morgan fingerprint density at radius 3 is 1.50 bits per heavy atom. The van der Waals surface area contributed by atoms with Gasteiger partial charge in [-0.2, -0.15) is 48.3 Å². The Balaban J connectivity index is 4.97. The molecular formula is C16H21F11O3. The van der Waals surface area contributed by atoms with Crippen LogP contribution in [-0.2, 0) is 14.3 Å². The van der Waals surface area contributed by atoms with Crippen molar-refractivity contribution in [2.45, 2.75) is 88.5 Å². The highest BCUT2D eigenvalue weighted by Gasteiger charge is 2.80. The third-order valence-electron chi connectivity index (χ3n) is 3.85. The highest BCUT2D eigenvalue weighted by Crippen LogP contribution is 2.51. The van der Waals surface area contributed by atoms with Gasteiger partial charge < -0.3 is 4.74 Å². The summed E-state index contributed by atoms with van der Waals surface area (Å²) in [5.74, 6) is -16.7. The SMILES string of the molecule is CCCCCCCCCCOC(=O)C(F)(OC(F)(F)C(F)(F)C(F)(F)F)C(F)(F)F. The second-order valence-electron chi connectivity index (χ2n) is 6.39. The molecule has 0 rings (SSSR count). The van der Waals surface area contributed by atoms with E-state index >= 15 is 0 Å². The Kier molecular flexibility index (Phi) is 10.3. The van der Waals surface area contributed by atoms with Gasteiger partial charge in [0, 0.05) is 0 Å². The number of hydrogen-bond acceptors (Lipinski definition) is 3. The molecule has 0 N–H and O–H groups in total. The molecule has 14 heteroatoms. The molecule has 0 aliphatic rings. The molecule has 0 radical (unpaired) electrons. The number of unbranched alkanes of at least 4 members (excludes halogenated alkanes) is 7. The third-order valence-corrected chi connectivity index (χ3v) is 3.85. The Labute approximate surface area is 164 Å². The Morgan fingerprint density at radius 2 is 1.10 bits per heavy atom. The number of carbonyl (C=O) groups excluding carboxylic acids is 1. The zero-order chi connectivity index (χ0) is 23.9. The molecule has 0 spiro atoms. The van der Waals surface area contributed by atoms with Crippen molar-refractivity contribution in [3.8, 4) is 0 Å². The molecule has 1 unspecified atom stereocenters. The maximum absolute atomic E-state index is 13.9. The largest absolute Gasteiger partial charge is 0.462 e. The van der Waals surface area contributed by atoms with Crippen molar-refractivity contribution in [3.05, 3.63) is 0 Å². The van der Waals surface area contributed by atoms with Crippen molar-refractivity contribution in [2.24, 2.45) is 0 Å². The van der Waals surface area contributed by atoms with E-state index in [1.807, 2.05) is 6.92 Å². The number of hydrogen-bond donors (Lipinski definition) is 0. The number of esters is 1. The van der Waals surface area contributed by atoms with Gasteiger partial charge in [0.05, 0.1) is 6.61 Å². The molecule has 0 saturated heterocycles. The van der Waals surface area contributed by atoms with E-state index in [0.29, 0.717) is 12.8 Å². The molecule has 30 heavy (non-hydrogen) atoms.